The van der Waals surface area contributed by atoms with Crippen LogP contribution in [0.2, 0.25) is 0 Å². The van der Waals surface area contributed by atoms with Crippen molar-refractivity contribution in [3.05, 3.63) is 84.4 Å². The van der Waals surface area contributed by atoms with Gasteiger partial charge >= 0.3 is 0 Å². The van der Waals surface area contributed by atoms with Crippen molar-refractivity contribution in [1.29, 1.82) is 0 Å². The molecule has 0 aliphatic carbocycles. The molecule has 0 unspecified atom stereocenters. The Bertz CT molecular complexity index is 936. The van der Waals surface area contributed by atoms with Crippen LogP contribution in [0.5, 0.6) is 0 Å². The molecule has 148 valence electrons. The molecule has 3 aromatic rings. The number of benzene rings is 3. The molecule has 1 heterocycles. The maximum atomic E-state index is 12.2. The molecule has 1 saturated heterocycles. The van der Waals surface area contributed by atoms with Gasteiger partial charge in [0.05, 0.1) is 31.0 Å². The first-order valence-electron chi connectivity index (χ1n) is 9.90. The lowest BCUT2D eigenvalue weighted by atomic mass is 10.1. The minimum absolute atomic E-state index is 0.0189. The summed E-state index contributed by atoms with van der Waals surface area (Å²) >= 11 is 0. The number of carbonyl (C=O) groups is 1. The van der Waals surface area contributed by atoms with E-state index in [2.05, 4.69) is 33.7 Å². The van der Waals surface area contributed by atoms with E-state index in [0.717, 1.165) is 48.9 Å². The lowest BCUT2D eigenvalue weighted by molar-refractivity contribution is -0.115. The number of nitrogens with zero attached hydrogens (tertiary/aromatic N) is 1. The molecule has 1 amide bonds. The molecule has 3 aromatic carbocycles. The summed E-state index contributed by atoms with van der Waals surface area (Å²) < 4.78 is 5.47. The molecule has 5 heteroatoms. The fraction of sp³-hybridized carbons (Fsp3) is 0.208. The third-order valence-corrected chi connectivity index (χ3v) is 4.91. The molecule has 29 heavy (non-hydrogen) atoms. The van der Waals surface area contributed by atoms with Crippen LogP contribution in [0, 0.1) is 0 Å². The average molecular weight is 387 g/mol. The second-order valence-corrected chi connectivity index (χ2v) is 7.03. The van der Waals surface area contributed by atoms with Crippen LogP contribution in [-0.2, 0) is 16.0 Å². The van der Waals surface area contributed by atoms with Crippen LogP contribution in [-0.4, -0.2) is 32.2 Å². The first kappa shape index (κ1) is 19.0. The van der Waals surface area contributed by atoms with Gasteiger partial charge in [-0.2, -0.15) is 0 Å². The van der Waals surface area contributed by atoms with Crippen molar-refractivity contribution < 1.29 is 9.53 Å². The molecule has 1 fully saturated rings. The minimum atomic E-state index is -0.0189. The largest absolute Gasteiger partial charge is 0.378 e. The SMILES string of the molecule is O=C(Cc1ccccc1)Nc1ccc(Nc2ccccc2N2CCOCC2)cc1. The highest BCUT2D eigenvalue weighted by Gasteiger charge is 2.14. The highest BCUT2D eigenvalue weighted by molar-refractivity contribution is 5.92. The molecule has 0 aromatic heterocycles. The Labute approximate surface area is 171 Å². The third kappa shape index (κ3) is 5.15. The summed E-state index contributed by atoms with van der Waals surface area (Å²) in [6.45, 7) is 3.30. The first-order valence-corrected chi connectivity index (χ1v) is 9.90. The van der Waals surface area contributed by atoms with Crippen LogP contribution in [0.3, 0.4) is 0 Å². The zero-order chi connectivity index (χ0) is 19.9. The highest BCUT2D eigenvalue weighted by atomic mass is 16.5. The van der Waals surface area contributed by atoms with E-state index in [1.54, 1.807) is 0 Å². The Kier molecular flexibility index (Phi) is 6.07. The van der Waals surface area contributed by atoms with E-state index in [0.29, 0.717) is 6.42 Å². The molecule has 1 aliphatic rings. The van der Waals surface area contributed by atoms with E-state index in [4.69, 9.17) is 4.74 Å². The number of amides is 1. The van der Waals surface area contributed by atoms with Crippen LogP contribution in [0.15, 0.2) is 78.9 Å². The van der Waals surface area contributed by atoms with Crippen LogP contribution >= 0.6 is 0 Å². The minimum Gasteiger partial charge on any atom is -0.378 e. The number of nitrogens with one attached hydrogen (secondary N) is 2. The van der Waals surface area contributed by atoms with Crippen molar-refractivity contribution in [3.63, 3.8) is 0 Å². The number of para-hydroxylation sites is 2. The maximum Gasteiger partial charge on any atom is 0.228 e. The van der Waals surface area contributed by atoms with E-state index in [-0.39, 0.29) is 5.91 Å². The van der Waals surface area contributed by atoms with Crippen molar-refractivity contribution in [2.45, 2.75) is 6.42 Å². The van der Waals surface area contributed by atoms with Crippen molar-refractivity contribution in [3.8, 4) is 0 Å². The predicted octanol–water partition coefficient (Wildman–Crippen LogP) is 4.45. The Hall–Kier alpha value is -3.31. The van der Waals surface area contributed by atoms with E-state index < -0.39 is 0 Å². The summed E-state index contributed by atoms with van der Waals surface area (Å²) in [7, 11) is 0. The zero-order valence-electron chi connectivity index (χ0n) is 16.3. The van der Waals surface area contributed by atoms with Crippen LogP contribution in [0.25, 0.3) is 0 Å². The summed E-state index contributed by atoms with van der Waals surface area (Å²) in [6.07, 6.45) is 0.369. The summed E-state index contributed by atoms with van der Waals surface area (Å²) in [6, 6.07) is 25.8. The molecule has 0 bridgehead atoms. The Morgan fingerprint density at radius 3 is 2.24 bits per heavy atom. The van der Waals surface area contributed by atoms with Crippen LogP contribution < -0.4 is 15.5 Å². The van der Waals surface area contributed by atoms with Gasteiger partial charge in [0.2, 0.25) is 5.91 Å². The number of morpholine rings is 1. The Balaban J connectivity index is 1.39. The molecular formula is C24H25N3O2. The summed E-state index contributed by atoms with van der Waals surface area (Å²) in [5.74, 6) is -0.0189. The predicted molar refractivity (Wildman–Crippen MR) is 118 cm³/mol. The zero-order valence-corrected chi connectivity index (χ0v) is 16.3. The maximum absolute atomic E-state index is 12.2. The Morgan fingerprint density at radius 2 is 1.48 bits per heavy atom. The van der Waals surface area contributed by atoms with Crippen molar-refractivity contribution in [2.24, 2.45) is 0 Å². The second-order valence-electron chi connectivity index (χ2n) is 7.03. The lowest BCUT2D eigenvalue weighted by Gasteiger charge is -2.30. The number of hydrogen-bond acceptors (Lipinski definition) is 4. The van der Waals surface area contributed by atoms with Crippen molar-refractivity contribution in [2.75, 3.05) is 41.8 Å². The summed E-state index contributed by atoms with van der Waals surface area (Å²) in [4.78, 5) is 14.6. The molecule has 0 radical (unpaired) electrons. The average Bonchev–Trinajstić information content (AvgIpc) is 2.77. The Morgan fingerprint density at radius 1 is 0.828 bits per heavy atom. The van der Waals surface area contributed by atoms with Gasteiger partial charge in [-0.15, -0.1) is 0 Å². The van der Waals surface area contributed by atoms with Crippen LogP contribution in [0.1, 0.15) is 5.56 Å². The number of carbonyl (C=O) groups excluding carboxylic acids is 1. The topological polar surface area (TPSA) is 53.6 Å². The number of anilines is 4. The number of rotatable bonds is 6. The standard InChI is InChI=1S/C24H25N3O2/c28-24(18-19-6-2-1-3-7-19)26-21-12-10-20(11-13-21)25-22-8-4-5-9-23(22)27-14-16-29-17-15-27/h1-13,25H,14-18H2,(H,26,28). The fourth-order valence-electron chi connectivity index (χ4n) is 3.44. The smallest absolute Gasteiger partial charge is 0.228 e. The van der Waals surface area contributed by atoms with E-state index in [9.17, 15) is 4.79 Å². The van der Waals surface area contributed by atoms with E-state index in [1.165, 1.54) is 5.69 Å². The molecule has 5 nitrogen and oxygen atoms in total. The molecule has 0 saturated carbocycles. The van der Waals surface area contributed by atoms with Crippen molar-refractivity contribution in [1.82, 2.24) is 0 Å². The van der Waals surface area contributed by atoms with Gasteiger partial charge < -0.3 is 20.3 Å². The van der Waals surface area contributed by atoms with Gasteiger partial charge in [-0.05, 0) is 42.0 Å². The van der Waals surface area contributed by atoms with E-state index in [1.807, 2.05) is 60.7 Å². The highest BCUT2D eigenvalue weighted by Crippen LogP contribution is 2.29. The monoisotopic (exact) mass is 387 g/mol. The quantitative estimate of drug-likeness (QED) is 0.656. The van der Waals surface area contributed by atoms with Crippen molar-refractivity contribution >= 4 is 28.7 Å². The second kappa shape index (κ2) is 9.26. The molecule has 0 spiro atoms. The molecule has 0 atom stereocenters. The number of ether oxygens (including phenoxy) is 1. The van der Waals surface area contributed by atoms with Gasteiger partial charge in [-0.1, -0.05) is 42.5 Å². The van der Waals surface area contributed by atoms with Gasteiger partial charge in [0, 0.05) is 24.5 Å². The summed E-state index contributed by atoms with van der Waals surface area (Å²) in [5.41, 5.74) is 5.01. The lowest BCUT2D eigenvalue weighted by Crippen LogP contribution is -2.36. The molecule has 4 rings (SSSR count). The third-order valence-electron chi connectivity index (χ3n) is 4.91. The van der Waals surface area contributed by atoms with Gasteiger partial charge in [-0.25, -0.2) is 0 Å². The van der Waals surface area contributed by atoms with Crippen LogP contribution in [0.4, 0.5) is 22.7 Å². The van der Waals surface area contributed by atoms with Gasteiger partial charge in [0.15, 0.2) is 0 Å². The number of hydrogen-bond donors (Lipinski definition) is 2. The van der Waals surface area contributed by atoms with Gasteiger partial charge in [-0.3, -0.25) is 4.79 Å². The first-order chi connectivity index (χ1) is 14.3. The molecular weight excluding hydrogens is 362 g/mol. The van der Waals surface area contributed by atoms with E-state index >= 15 is 0 Å². The molecule has 1 aliphatic heterocycles. The fourth-order valence-corrected chi connectivity index (χ4v) is 3.44. The summed E-state index contributed by atoms with van der Waals surface area (Å²) in [5, 5.41) is 6.45. The van der Waals surface area contributed by atoms with Gasteiger partial charge in [0.25, 0.3) is 0 Å². The molecule has 2 N–H and O–H groups in total. The normalized spacial score (nSPS) is 13.7. The van der Waals surface area contributed by atoms with Gasteiger partial charge in [0.1, 0.15) is 0 Å².